The highest BCUT2D eigenvalue weighted by Crippen LogP contribution is 2.32. The van der Waals surface area contributed by atoms with E-state index in [2.05, 4.69) is 34.3 Å². The van der Waals surface area contributed by atoms with Crippen LogP contribution in [0.5, 0.6) is 11.5 Å². The molecule has 0 unspecified atom stereocenters. The Morgan fingerprint density at radius 2 is 1.88 bits per heavy atom. The Bertz CT molecular complexity index is 1240. The first kappa shape index (κ1) is 22.5. The number of methoxy groups -OCH3 is 1. The molecule has 168 valence electrons. The highest BCUT2D eigenvalue weighted by molar-refractivity contribution is 7.17. The summed E-state index contributed by atoms with van der Waals surface area (Å²) in [6.07, 6.45) is 4.45. The van der Waals surface area contributed by atoms with Crippen molar-refractivity contribution in [2.75, 3.05) is 12.4 Å². The monoisotopic (exact) mass is 459 g/mol. The Labute approximate surface area is 197 Å². The second kappa shape index (κ2) is 10.3. The van der Waals surface area contributed by atoms with Crippen LogP contribution in [0.1, 0.15) is 33.4 Å². The lowest BCUT2D eigenvalue weighted by molar-refractivity contribution is 0.103. The third-order valence-electron chi connectivity index (χ3n) is 5.15. The first-order chi connectivity index (χ1) is 16.1. The topological polar surface area (TPSA) is 73.3 Å². The summed E-state index contributed by atoms with van der Waals surface area (Å²) < 4.78 is 11.3. The number of anilines is 1. The zero-order valence-electron chi connectivity index (χ0n) is 18.8. The molecule has 0 bridgehead atoms. The molecule has 0 fully saturated rings. The number of nitrogens with one attached hydrogen (secondary N) is 1. The van der Waals surface area contributed by atoms with E-state index in [0.29, 0.717) is 34.4 Å². The average molecular weight is 460 g/mol. The molecule has 7 heteroatoms. The third-order valence-corrected chi connectivity index (χ3v) is 6.36. The molecule has 6 nitrogen and oxygen atoms in total. The van der Waals surface area contributed by atoms with E-state index in [-0.39, 0.29) is 5.91 Å². The van der Waals surface area contributed by atoms with E-state index >= 15 is 0 Å². The quantitative estimate of drug-likeness (QED) is 0.354. The van der Waals surface area contributed by atoms with Crippen LogP contribution >= 0.6 is 11.3 Å². The number of ether oxygens (including phenoxy) is 2. The first-order valence-electron chi connectivity index (χ1n) is 10.6. The maximum absolute atomic E-state index is 13.0. The number of benzene rings is 2. The second-order valence-electron chi connectivity index (χ2n) is 7.45. The summed E-state index contributed by atoms with van der Waals surface area (Å²) >= 11 is 1.39. The average Bonchev–Trinajstić information content (AvgIpc) is 3.25. The van der Waals surface area contributed by atoms with Crippen LogP contribution < -0.4 is 14.8 Å². The van der Waals surface area contributed by atoms with Crippen molar-refractivity contribution in [1.82, 2.24) is 9.97 Å². The summed E-state index contributed by atoms with van der Waals surface area (Å²) in [6.45, 7) is 4.32. The van der Waals surface area contributed by atoms with E-state index in [1.165, 1.54) is 16.9 Å². The SMILES string of the molecule is CCc1ccc(-c2nc(C)c(C(=O)Nc3ccc(OC)c(OCc4cccnc4)c3)s2)cc1. The van der Waals surface area contributed by atoms with Crippen LogP contribution in [0.4, 0.5) is 5.69 Å². The smallest absolute Gasteiger partial charge is 0.267 e. The van der Waals surface area contributed by atoms with Crippen molar-refractivity contribution >= 4 is 22.9 Å². The van der Waals surface area contributed by atoms with E-state index in [4.69, 9.17) is 9.47 Å². The molecule has 2 aromatic carbocycles. The van der Waals surface area contributed by atoms with Crippen LogP contribution in [-0.2, 0) is 13.0 Å². The van der Waals surface area contributed by atoms with Crippen LogP contribution in [0.25, 0.3) is 10.6 Å². The number of thiazole rings is 1. The molecule has 1 amide bonds. The predicted octanol–water partition coefficient (Wildman–Crippen LogP) is 5.92. The van der Waals surface area contributed by atoms with Crippen molar-refractivity contribution in [1.29, 1.82) is 0 Å². The number of hydrogen-bond donors (Lipinski definition) is 1. The lowest BCUT2D eigenvalue weighted by Gasteiger charge is -2.13. The Kier molecular flexibility index (Phi) is 7.00. The zero-order valence-corrected chi connectivity index (χ0v) is 19.6. The van der Waals surface area contributed by atoms with Gasteiger partial charge in [0.15, 0.2) is 11.5 Å². The van der Waals surface area contributed by atoms with Crippen LogP contribution in [0.15, 0.2) is 67.0 Å². The Hall–Kier alpha value is -3.71. The molecule has 33 heavy (non-hydrogen) atoms. The summed E-state index contributed by atoms with van der Waals surface area (Å²) in [5.74, 6) is 0.922. The van der Waals surface area contributed by atoms with Gasteiger partial charge in [0.25, 0.3) is 5.91 Å². The van der Waals surface area contributed by atoms with E-state index in [1.54, 1.807) is 37.7 Å². The Morgan fingerprint density at radius 1 is 1.06 bits per heavy atom. The number of nitrogens with zero attached hydrogens (tertiary/aromatic N) is 2. The minimum absolute atomic E-state index is 0.204. The van der Waals surface area contributed by atoms with Gasteiger partial charge in [-0.15, -0.1) is 11.3 Å². The van der Waals surface area contributed by atoms with Crippen LogP contribution in [0, 0.1) is 6.92 Å². The number of aryl methyl sites for hydroxylation is 2. The van der Waals surface area contributed by atoms with Crippen molar-refractivity contribution < 1.29 is 14.3 Å². The van der Waals surface area contributed by atoms with Crippen molar-refractivity contribution in [3.63, 3.8) is 0 Å². The van der Waals surface area contributed by atoms with Gasteiger partial charge in [-0.25, -0.2) is 4.98 Å². The van der Waals surface area contributed by atoms with Gasteiger partial charge in [-0.1, -0.05) is 37.3 Å². The number of hydrogen-bond acceptors (Lipinski definition) is 6. The number of rotatable bonds is 8. The van der Waals surface area contributed by atoms with E-state index in [1.807, 2.05) is 31.2 Å². The molecule has 2 heterocycles. The molecule has 0 aliphatic carbocycles. The number of carbonyl (C=O) groups excluding carboxylic acids is 1. The van der Waals surface area contributed by atoms with Crippen molar-refractivity contribution in [2.45, 2.75) is 26.9 Å². The van der Waals surface area contributed by atoms with Crippen LogP contribution in [0.3, 0.4) is 0 Å². The minimum Gasteiger partial charge on any atom is -0.493 e. The lowest BCUT2D eigenvalue weighted by atomic mass is 10.1. The van der Waals surface area contributed by atoms with Gasteiger partial charge in [0.05, 0.1) is 12.8 Å². The van der Waals surface area contributed by atoms with Crippen molar-refractivity contribution in [3.05, 3.63) is 88.7 Å². The Morgan fingerprint density at radius 3 is 2.58 bits per heavy atom. The molecule has 4 aromatic rings. The molecule has 0 aliphatic rings. The maximum Gasteiger partial charge on any atom is 0.267 e. The molecule has 0 saturated carbocycles. The van der Waals surface area contributed by atoms with Gasteiger partial charge in [-0.2, -0.15) is 0 Å². The normalized spacial score (nSPS) is 10.6. The van der Waals surface area contributed by atoms with Crippen molar-refractivity contribution in [2.24, 2.45) is 0 Å². The fraction of sp³-hybridized carbons (Fsp3) is 0.192. The summed E-state index contributed by atoms with van der Waals surface area (Å²) in [4.78, 5) is 22.3. The highest BCUT2D eigenvalue weighted by Gasteiger charge is 2.17. The van der Waals surface area contributed by atoms with Gasteiger partial charge in [-0.05, 0) is 37.1 Å². The third kappa shape index (κ3) is 5.38. The molecular weight excluding hydrogens is 434 g/mol. The maximum atomic E-state index is 13.0. The van der Waals surface area contributed by atoms with Crippen LogP contribution in [0.2, 0.25) is 0 Å². The minimum atomic E-state index is -0.204. The number of carbonyl (C=O) groups is 1. The van der Waals surface area contributed by atoms with Crippen LogP contribution in [-0.4, -0.2) is 23.0 Å². The number of pyridine rings is 1. The molecule has 0 saturated heterocycles. The van der Waals surface area contributed by atoms with Crippen molar-refractivity contribution in [3.8, 4) is 22.1 Å². The van der Waals surface area contributed by atoms with E-state index < -0.39 is 0 Å². The van der Waals surface area contributed by atoms with Gasteiger partial charge < -0.3 is 14.8 Å². The standard InChI is InChI=1S/C26H25N3O3S/c1-4-18-7-9-20(10-8-18)26-28-17(2)24(33-26)25(30)29-21-11-12-22(31-3)23(14-21)32-16-19-6-5-13-27-15-19/h5-15H,4,16H2,1-3H3,(H,29,30). The lowest BCUT2D eigenvalue weighted by Crippen LogP contribution is -2.11. The summed E-state index contributed by atoms with van der Waals surface area (Å²) in [5, 5.41) is 3.78. The molecule has 0 atom stereocenters. The molecule has 2 aromatic heterocycles. The molecule has 0 aliphatic heterocycles. The summed E-state index contributed by atoms with van der Waals surface area (Å²) in [5.41, 5.74) is 4.53. The van der Waals surface area contributed by atoms with Gasteiger partial charge in [0, 0.05) is 35.3 Å². The largest absolute Gasteiger partial charge is 0.493 e. The fourth-order valence-electron chi connectivity index (χ4n) is 3.31. The van der Waals surface area contributed by atoms with Gasteiger partial charge >= 0.3 is 0 Å². The molecule has 1 N–H and O–H groups in total. The second-order valence-corrected chi connectivity index (χ2v) is 8.45. The van der Waals surface area contributed by atoms with Gasteiger partial charge in [0.1, 0.15) is 16.5 Å². The van der Waals surface area contributed by atoms with Gasteiger partial charge in [0.2, 0.25) is 0 Å². The van der Waals surface area contributed by atoms with E-state index in [9.17, 15) is 4.79 Å². The molecule has 0 radical (unpaired) electrons. The number of amides is 1. The van der Waals surface area contributed by atoms with Gasteiger partial charge in [-0.3, -0.25) is 9.78 Å². The van der Waals surface area contributed by atoms with E-state index in [0.717, 1.165) is 22.6 Å². The Balaban J connectivity index is 1.50. The summed E-state index contributed by atoms with van der Waals surface area (Å²) in [6, 6.07) is 17.4. The predicted molar refractivity (Wildman–Crippen MR) is 131 cm³/mol. The molecule has 4 rings (SSSR count). The highest BCUT2D eigenvalue weighted by atomic mass is 32.1. The summed E-state index contributed by atoms with van der Waals surface area (Å²) in [7, 11) is 1.58. The number of aromatic nitrogens is 2. The molecule has 0 spiro atoms. The molecular formula is C26H25N3O3S. The first-order valence-corrected chi connectivity index (χ1v) is 11.5. The zero-order chi connectivity index (χ0) is 23.2. The fourth-order valence-corrected chi connectivity index (χ4v) is 4.28.